The number of halogens is 1. The molecule has 1 heterocycles. The predicted octanol–water partition coefficient (Wildman–Crippen LogP) is 4.93. The number of benzene rings is 3. The fraction of sp³-hybridized carbons (Fsp3) is 0.0952. The SMILES string of the molecule is OC(c1ccccc1)c1nc2ccccc2n1Cc1ccccc1Br. The van der Waals surface area contributed by atoms with Crippen LogP contribution >= 0.6 is 15.9 Å². The molecular formula is C21H17BrN2O. The Kier molecular flexibility index (Phi) is 4.38. The standard InChI is InChI=1S/C21H17BrN2O/c22-17-11-5-4-10-16(17)14-24-19-13-7-6-12-18(19)23-21(24)20(25)15-8-2-1-3-9-15/h1-13,20,25H,14H2. The summed E-state index contributed by atoms with van der Waals surface area (Å²) in [5.41, 5.74) is 3.89. The zero-order chi connectivity index (χ0) is 17.2. The zero-order valence-electron chi connectivity index (χ0n) is 13.5. The van der Waals surface area contributed by atoms with Gasteiger partial charge >= 0.3 is 0 Å². The van der Waals surface area contributed by atoms with Crippen LogP contribution in [0.4, 0.5) is 0 Å². The molecule has 0 bridgehead atoms. The molecule has 0 radical (unpaired) electrons. The van der Waals surface area contributed by atoms with Crippen LogP contribution in [0.15, 0.2) is 83.3 Å². The Morgan fingerprint density at radius 2 is 1.56 bits per heavy atom. The Bertz CT molecular complexity index is 1010. The molecular weight excluding hydrogens is 376 g/mol. The summed E-state index contributed by atoms with van der Waals surface area (Å²) < 4.78 is 3.14. The third-order valence-electron chi connectivity index (χ3n) is 4.33. The highest BCUT2D eigenvalue weighted by atomic mass is 79.9. The van der Waals surface area contributed by atoms with Crippen LogP contribution in [0, 0.1) is 0 Å². The minimum atomic E-state index is -0.768. The Balaban J connectivity index is 1.85. The van der Waals surface area contributed by atoms with Crippen molar-refractivity contribution in [1.29, 1.82) is 0 Å². The van der Waals surface area contributed by atoms with E-state index in [9.17, 15) is 5.11 Å². The van der Waals surface area contributed by atoms with Crippen LogP contribution in [-0.2, 0) is 6.54 Å². The van der Waals surface area contributed by atoms with Gasteiger partial charge in [0.1, 0.15) is 11.9 Å². The maximum Gasteiger partial charge on any atom is 0.143 e. The summed E-state index contributed by atoms with van der Waals surface area (Å²) in [6.07, 6.45) is -0.768. The van der Waals surface area contributed by atoms with E-state index in [-0.39, 0.29) is 0 Å². The van der Waals surface area contributed by atoms with E-state index in [4.69, 9.17) is 4.98 Å². The number of fused-ring (bicyclic) bond motifs is 1. The van der Waals surface area contributed by atoms with Gasteiger partial charge in [-0.1, -0.05) is 76.6 Å². The summed E-state index contributed by atoms with van der Waals surface area (Å²) in [5, 5.41) is 10.9. The molecule has 0 aliphatic heterocycles. The fourth-order valence-electron chi connectivity index (χ4n) is 3.05. The van der Waals surface area contributed by atoms with Crippen LogP contribution in [0.3, 0.4) is 0 Å². The molecule has 0 saturated carbocycles. The van der Waals surface area contributed by atoms with E-state index in [2.05, 4.69) is 26.6 Å². The molecule has 0 fully saturated rings. The van der Waals surface area contributed by atoms with Crippen LogP contribution < -0.4 is 0 Å². The van der Waals surface area contributed by atoms with Crippen molar-refractivity contribution in [2.75, 3.05) is 0 Å². The number of aliphatic hydroxyl groups excluding tert-OH is 1. The summed E-state index contributed by atoms with van der Waals surface area (Å²) in [5.74, 6) is 0.656. The van der Waals surface area contributed by atoms with Crippen molar-refractivity contribution in [3.63, 3.8) is 0 Å². The van der Waals surface area contributed by atoms with Crippen LogP contribution in [0.25, 0.3) is 11.0 Å². The smallest absolute Gasteiger partial charge is 0.143 e. The lowest BCUT2D eigenvalue weighted by Gasteiger charge is -2.15. The van der Waals surface area contributed by atoms with E-state index in [1.807, 2.05) is 72.8 Å². The number of imidazole rings is 1. The number of hydrogen-bond acceptors (Lipinski definition) is 2. The number of aromatic nitrogens is 2. The zero-order valence-corrected chi connectivity index (χ0v) is 15.1. The Morgan fingerprint density at radius 1 is 0.880 bits per heavy atom. The highest BCUT2D eigenvalue weighted by Gasteiger charge is 2.20. The highest BCUT2D eigenvalue weighted by molar-refractivity contribution is 9.10. The van der Waals surface area contributed by atoms with Gasteiger partial charge in [-0.2, -0.15) is 0 Å². The van der Waals surface area contributed by atoms with E-state index in [0.717, 1.165) is 26.6 Å². The molecule has 4 heteroatoms. The molecule has 0 spiro atoms. The van der Waals surface area contributed by atoms with Crippen LogP contribution in [-0.4, -0.2) is 14.7 Å². The quantitative estimate of drug-likeness (QED) is 0.534. The molecule has 4 aromatic rings. The van der Waals surface area contributed by atoms with Crippen molar-refractivity contribution < 1.29 is 5.11 Å². The van der Waals surface area contributed by atoms with Crippen LogP contribution in [0.5, 0.6) is 0 Å². The monoisotopic (exact) mass is 392 g/mol. The van der Waals surface area contributed by atoms with Gasteiger partial charge in [0.2, 0.25) is 0 Å². The van der Waals surface area contributed by atoms with Gasteiger partial charge in [0.15, 0.2) is 0 Å². The molecule has 1 aromatic heterocycles. The molecule has 1 unspecified atom stereocenters. The number of aliphatic hydroxyl groups is 1. The van der Waals surface area contributed by atoms with Gasteiger partial charge in [-0.25, -0.2) is 4.98 Å². The molecule has 1 atom stereocenters. The van der Waals surface area contributed by atoms with Crippen molar-refractivity contribution in [1.82, 2.24) is 9.55 Å². The molecule has 0 saturated heterocycles. The van der Waals surface area contributed by atoms with Crippen molar-refractivity contribution >= 4 is 27.0 Å². The maximum absolute atomic E-state index is 10.9. The van der Waals surface area contributed by atoms with Crippen molar-refractivity contribution in [2.24, 2.45) is 0 Å². The first kappa shape index (κ1) is 16.1. The average Bonchev–Trinajstić information content (AvgIpc) is 3.02. The molecule has 4 rings (SSSR count). The first-order valence-corrected chi connectivity index (χ1v) is 8.95. The minimum absolute atomic E-state index is 0.640. The Labute approximate surface area is 154 Å². The average molecular weight is 393 g/mol. The lowest BCUT2D eigenvalue weighted by Crippen LogP contribution is -2.11. The van der Waals surface area contributed by atoms with Crippen molar-refractivity contribution in [3.8, 4) is 0 Å². The minimum Gasteiger partial charge on any atom is -0.380 e. The predicted molar refractivity (Wildman–Crippen MR) is 103 cm³/mol. The number of rotatable bonds is 4. The first-order valence-electron chi connectivity index (χ1n) is 8.15. The second-order valence-electron chi connectivity index (χ2n) is 5.95. The molecule has 0 aliphatic carbocycles. The van der Waals surface area contributed by atoms with Gasteiger partial charge in [0.25, 0.3) is 0 Å². The number of para-hydroxylation sites is 2. The second-order valence-corrected chi connectivity index (χ2v) is 6.80. The molecule has 3 nitrogen and oxygen atoms in total. The molecule has 25 heavy (non-hydrogen) atoms. The molecule has 0 amide bonds. The van der Waals surface area contributed by atoms with Crippen molar-refractivity contribution in [2.45, 2.75) is 12.6 Å². The highest BCUT2D eigenvalue weighted by Crippen LogP contribution is 2.28. The van der Waals surface area contributed by atoms with Gasteiger partial charge in [0, 0.05) is 4.47 Å². The molecule has 1 N–H and O–H groups in total. The topological polar surface area (TPSA) is 38.1 Å². The summed E-state index contributed by atoms with van der Waals surface area (Å²) >= 11 is 3.62. The van der Waals surface area contributed by atoms with Crippen LogP contribution in [0.1, 0.15) is 23.1 Å². The maximum atomic E-state index is 10.9. The van der Waals surface area contributed by atoms with E-state index < -0.39 is 6.10 Å². The van der Waals surface area contributed by atoms with Gasteiger partial charge in [-0.15, -0.1) is 0 Å². The summed E-state index contributed by atoms with van der Waals surface area (Å²) in [6.45, 7) is 0.640. The summed E-state index contributed by atoms with van der Waals surface area (Å²) in [7, 11) is 0. The second kappa shape index (κ2) is 6.82. The van der Waals surface area contributed by atoms with Gasteiger partial charge < -0.3 is 9.67 Å². The van der Waals surface area contributed by atoms with Gasteiger partial charge in [-0.3, -0.25) is 0 Å². The van der Waals surface area contributed by atoms with E-state index in [1.165, 1.54) is 0 Å². The first-order chi connectivity index (χ1) is 12.2. The number of hydrogen-bond donors (Lipinski definition) is 1. The van der Waals surface area contributed by atoms with E-state index >= 15 is 0 Å². The molecule has 3 aromatic carbocycles. The summed E-state index contributed by atoms with van der Waals surface area (Å²) in [4.78, 5) is 4.71. The Morgan fingerprint density at radius 3 is 2.36 bits per heavy atom. The fourth-order valence-corrected chi connectivity index (χ4v) is 3.46. The summed E-state index contributed by atoms with van der Waals surface area (Å²) in [6, 6.07) is 25.8. The largest absolute Gasteiger partial charge is 0.380 e. The normalized spacial score (nSPS) is 12.4. The van der Waals surface area contributed by atoms with Crippen molar-refractivity contribution in [3.05, 3.63) is 100 Å². The lowest BCUT2D eigenvalue weighted by molar-refractivity contribution is 0.206. The Hall–Kier alpha value is -2.43. The van der Waals surface area contributed by atoms with E-state index in [1.54, 1.807) is 0 Å². The molecule has 0 aliphatic rings. The third kappa shape index (κ3) is 3.11. The third-order valence-corrected chi connectivity index (χ3v) is 5.10. The number of nitrogens with zero attached hydrogens (tertiary/aromatic N) is 2. The van der Waals surface area contributed by atoms with Crippen LogP contribution in [0.2, 0.25) is 0 Å². The van der Waals surface area contributed by atoms with E-state index in [0.29, 0.717) is 12.4 Å². The van der Waals surface area contributed by atoms with Gasteiger partial charge in [-0.05, 0) is 29.3 Å². The van der Waals surface area contributed by atoms with Gasteiger partial charge in [0.05, 0.1) is 17.6 Å². The molecule has 124 valence electrons. The lowest BCUT2D eigenvalue weighted by atomic mass is 10.1.